The molecular formula is C16H24N4. The first kappa shape index (κ1) is 12.6. The molecule has 3 heterocycles. The molecule has 0 bridgehead atoms. The minimum Gasteiger partial charge on any atom is -0.339 e. The predicted octanol–water partition coefficient (Wildman–Crippen LogP) is 2.24. The van der Waals surface area contributed by atoms with Gasteiger partial charge in [0.1, 0.15) is 0 Å². The molecule has 3 fully saturated rings. The van der Waals surface area contributed by atoms with Crippen molar-refractivity contribution in [1.82, 2.24) is 14.9 Å². The van der Waals surface area contributed by atoms with E-state index < -0.39 is 0 Å². The first-order chi connectivity index (χ1) is 9.75. The Morgan fingerprint density at radius 3 is 2.75 bits per heavy atom. The summed E-state index contributed by atoms with van der Waals surface area (Å²) in [5.41, 5.74) is 1.57. The second kappa shape index (κ2) is 4.69. The van der Waals surface area contributed by atoms with E-state index in [9.17, 15) is 0 Å². The third-order valence-corrected chi connectivity index (χ3v) is 5.30. The van der Waals surface area contributed by atoms with E-state index in [1.165, 1.54) is 45.2 Å². The number of hydrogen-bond donors (Lipinski definition) is 0. The Kier molecular flexibility index (Phi) is 2.95. The maximum atomic E-state index is 4.51. The van der Waals surface area contributed by atoms with Crippen LogP contribution in [0, 0.1) is 12.8 Å². The van der Waals surface area contributed by atoms with Crippen molar-refractivity contribution in [2.24, 2.45) is 5.92 Å². The van der Waals surface area contributed by atoms with Gasteiger partial charge in [0.25, 0.3) is 0 Å². The predicted molar refractivity (Wildman–Crippen MR) is 79.9 cm³/mol. The molecule has 1 aromatic rings. The molecule has 2 aliphatic heterocycles. The highest BCUT2D eigenvalue weighted by Gasteiger charge is 2.47. The SMILES string of the molecule is Cc1cnc(N2CCC3(CCCN3CC3CC3)C2)nc1. The molecular weight excluding hydrogens is 248 g/mol. The summed E-state index contributed by atoms with van der Waals surface area (Å²) in [6.07, 6.45) is 10.8. The minimum absolute atomic E-state index is 0.427. The fourth-order valence-corrected chi connectivity index (χ4v) is 3.93. The summed E-state index contributed by atoms with van der Waals surface area (Å²) in [7, 11) is 0. The van der Waals surface area contributed by atoms with Crippen molar-refractivity contribution in [3.05, 3.63) is 18.0 Å². The molecule has 108 valence electrons. The molecule has 1 saturated carbocycles. The quantitative estimate of drug-likeness (QED) is 0.845. The monoisotopic (exact) mass is 272 g/mol. The molecule has 1 aromatic heterocycles. The van der Waals surface area contributed by atoms with Crippen LogP contribution in [0.4, 0.5) is 5.95 Å². The number of likely N-dealkylation sites (tertiary alicyclic amines) is 1. The maximum absolute atomic E-state index is 4.51. The van der Waals surface area contributed by atoms with Gasteiger partial charge in [-0.3, -0.25) is 4.90 Å². The molecule has 1 unspecified atom stereocenters. The summed E-state index contributed by atoms with van der Waals surface area (Å²) in [6, 6.07) is 0. The zero-order valence-corrected chi connectivity index (χ0v) is 12.4. The smallest absolute Gasteiger partial charge is 0.225 e. The van der Waals surface area contributed by atoms with Gasteiger partial charge < -0.3 is 4.90 Å². The lowest BCUT2D eigenvalue weighted by Gasteiger charge is -2.35. The lowest BCUT2D eigenvalue weighted by molar-refractivity contribution is 0.151. The van der Waals surface area contributed by atoms with Crippen molar-refractivity contribution in [1.29, 1.82) is 0 Å². The van der Waals surface area contributed by atoms with Crippen LogP contribution in [0.25, 0.3) is 0 Å². The number of anilines is 1. The Labute approximate surface area is 121 Å². The summed E-state index contributed by atoms with van der Waals surface area (Å²) in [5.74, 6) is 1.92. The topological polar surface area (TPSA) is 32.3 Å². The minimum atomic E-state index is 0.427. The van der Waals surface area contributed by atoms with Crippen LogP contribution in [0.1, 0.15) is 37.7 Å². The molecule has 0 N–H and O–H groups in total. The molecule has 0 amide bonds. The molecule has 1 spiro atoms. The van der Waals surface area contributed by atoms with E-state index in [1.807, 2.05) is 19.3 Å². The van der Waals surface area contributed by atoms with Gasteiger partial charge in [0.05, 0.1) is 0 Å². The van der Waals surface area contributed by atoms with Gasteiger partial charge >= 0.3 is 0 Å². The highest BCUT2D eigenvalue weighted by atomic mass is 15.3. The van der Waals surface area contributed by atoms with Crippen molar-refractivity contribution in [2.45, 2.75) is 44.6 Å². The van der Waals surface area contributed by atoms with Gasteiger partial charge in [-0.25, -0.2) is 9.97 Å². The number of nitrogens with zero attached hydrogens (tertiary/aromatic N) is 4. The fourth-order valence-electron chi connectivity index (χ4n) is 3.93. The van der Waals surface area contributed by atoms with E-state index in [0.29, 0.717) is 5.54 Å². The molecule has 4 heteroatoms. The van der Waals surface area contributed by atoms with Crippen LogP contribution in [0.15, 0.2) is 12.4 Å². The van der Waals surface area contributed by atoms with Gasteiger partial charge in [0, 0.05) is 37.6 Å². The number of aryl methyl sites for hydroxylation is 1. The largest absolute Gasteiger partial charge is 0.339 e. The van der Waals surface area contributed by atoms with Gasteiger partial charge in [0.15, 0.2) is 0 Å². The van der Waals surface area contributed by atoms with Crippen molar-refractivity contribution in [3.63, 3.8) is 0 Å². The third-order valence-electron chi connectivity index (χ3n) is 5.30. The van der Waals surface area contributed by atoms with Crippen LogP contribution < -0.4 is 4.90 Å². The average molecular weight is 272 g/mol. The van der Waals surface area contributed by atoms with Crippen LogP contribution in [0.3, 0.4) is 0 Å². The Bertz CT molecular complexity index is 482. The number of rotatable bonds is 3. The molecule has 4 nitrogen and oxygen atoms in total. The maximum Gasteiger partial charge on any atom is 0.225 e. The Morgan fingerprint density at radius 2 is 2.00 bits per heavy atom. The highest BCUT2D eigenvalue weighted by molar-refractivity contribution is 5.34. The van der Waals surface area contributed by atoms with Gasteiger partial charge in [-0.1, -0.05) is 0 Å². The molecule has 3 aliphatic rings. The lowest BCUT2D eigenvalue weighted by atomic mass is 9.95. The summed E-state index contributed by atoms with van der Waals surface area (Å²) >= 11 is 0. The standard InChI is InChI=1S/C16H24N4/c1-13-9-17-15(18-10-13)19-8-6-16(12-19)5-2-7-20(16)11-14-3-4-14/h9-10,14H,2-8,11-12H2,1H3. The summed E-state index contributed by atoms with van der Waals surface area (Å²) in [5, 5.41) is 0. The van der Waals surface area contributed by atoms with Crippen LogP contribution in [-0.2, 0) is 0 Å². The molecule has 4 rings (SSSR count). The van der Waals surface area contributed by atoms with Crippen molar-refractivity contribution in [3.8, 4) is 0 Å². The van der Waals surface area contributed by atoms with Crippen LogP contribution >= 0.6 is 0 Å². The zero-order valence-electron chi connectivity index (χ0n) is 12.4. The zero-order chi connectivity index (χ0) is 13.6. The molecule has 2 saturated heterocycles. The highest BCUT2D eigenvalue weighted by Crippen LogP contribution is 2.41. The first-order valence-electron chi connectivity index (χ1n) is 8.04. The Hall–Kier alpha value is -1.16. The fraction of sp³-hybridized carbons (Fsp3) is 0.750. The van der Waals surface area contributed by atoms with Crippen molar-refractivity contribution >= 4 is 5.95 Å². The molecule has 0 radical (unpaired) electrons. The van der Waals surface area contributed by atoms with Crippen molar-refractivity contribution in [2.75, 3.05) is 31.1 Å². The molecule has 1 aliphatic carbocycles. The first-order valence-corrected chi connectivity index (χ1v) is 8.04. The Morgan fingerprint density at radius 1 is 1.20 bits per heavy atom. The summed E-state index contributed by atoms with van der Waals surface area (Å²) in [6.45, 7) is 6.93. The van der Waals surface area contributed by atoms with Gasteiger partial charge in [-0.05, 0) is 57.1 Å². The van der Waals surface area contributed by atoms with Gasteiger partial charge in [-0.2, -0.15) is 0 Å². The van der Waals surface area contributed by atoms with Crippen LogP contribution in [0.5, 0.6) is 0 Å². The summed E-state index contributed by atoms with van der Waals surface area (Å²) < 4.78 is 0. The average Bonchev–Trinajstić information content (AvgIpc) is 3.04. The second-order valence-electron chi connectivity index (χ2n) is 6.95. The molecule has 20 heavy (non-hydrogen) atoms. The second-order valence-corrected chi connectivity index (χ2v) is 6.95. The van der Waals surface area contributed by atoms with Gasteiger partial charge in [-0.15, -0.1) is 0 Å². The van der Waals surface area contributed by atoms with E-state index in [1.54, 1.807) is 0 Å². The normalized spacial score (nSPS) is 30.6. The van der Waals surface area contributed by atoms with E-state index in [2.05, 4.69) is 19.8 Å². The van der Waals surface area contributed by atoms with Crippen LogP contribution in [0.2, 0.25) is 0 Å². The number of aromatic nitrogens is 2. The molecule has 0 aromatic carbocycles. The van der Waals surface area contributed by atoms with E-state index in [0.717, 1.165) is 30.5 Å². The van der Waals surface area contributed by atoms with E-state index in [-0.39, 0.29) is 0 Å². The van der Waals surface area contributed by atoms with E-state index >= 15 is 0 Å². The van der Waals surface area contributed by atoms with E-state index in [4.69, 9.17) is 0 Å². The summed E-state index contributed by atoms with van der Waals surface area (Å²) in [4.78, 5) is 14.2. The lowest BCUT2D eigenvalue weighted by Crippen LogP contribution is -2.47. The van der Waals surface area contributed by atoms with Gasteiger partial charge in [0.2, 0.25) is 5.95 Å². The van der Waals surface area contributed by atoms with Crippen LogP contribution in [-0.4, -0.2) is 46.6 Å². The molecule has 1 atom stereocenters. The third kappa shape index (κ3) is 2.20. The Balaban J connectivity index is 1.49. The van der Waals surface area contributed by atoms with Crippen molar-refractivity contribution < 1.29 is 0 Å². The number of hydrogen-bond acceptors (Lipinski definition) is 4.